The van der Waals surface area contributed by atoms with Crippen LogP contribution in [0, 0.1) is 0 Å². The summed E-state index contributed by atoms with van der Waals surface area (Å²) < 4.78 is 7.42. The molecule has 5 heteroatoms. The second-order valence-corrected chi connectivity index (χ2v) is 6.46. The van der Waals surface area contributed by atoms with Crippen molar-refractivity contribution in [1.82, 2.24) is 0 Å². The third kappa shape index (κ3) is 7.14. The van der Waals surface area contributed by atoms with Crippen LogP contribution in [0.15, 0.2) is 27.2 Å². The third-order valence-corrected chi connectivity index (χ3v) is 4.11. The Hall–Kier alpha value is -0.810. The summed E-state index contributed by atoms with van der Waals surface area (Å²) in [5.74, 6) is -0.201. The van der Waals surface area contributed by atoms with Crippen LogP contribution in [-0.2, 0) is 4.79 Å². The van der Waals surface area contributed by atoms with Gasteiger partial charge in [-0.2, -0.15) is 0 Å². The van der Waals surface area contributed by atoms with Gasteiger partial charge in [0.2, 0.25) is 0 Å². The van der Waals surface area contributed by atoms with Crippen LogP contribution in [0.5, 0.6) is 5.75 Å². The first-order valence-corrected chi connectivity index (χ1v) is 8.66. The Labute approximate surface area is 142 Å². The van der Waals surface area contributed by atoms with Crippen LogP contribution in [0.3, 0.4) is 0 Å². The number of aliphatic carboxylic acids is 1. The van der Waals surface area contributed by atoms with Crippen LogP contribution < -0.4 is 4.74 Å². The lowest BCUT2D eigenvalue weighted by Gasteiger charge is -2.11. The van der Waals surface area contributed by atoms with Gasteiger partial charge in [0, 0.05) is 6.08 Å². The number of ether oxygens (including phenoxy) is 1. The molecule has 0 aliphatic heterocycles. The molecule has 0 heterocycles. The molecule has 1 aromatic rings. The molecule has 1 rings (SSSR count). The molecule has 0 fully saturated rings. The minimum atomic E-state index is -0.963. The first-order chi connectivity index (χ1) is 10.0. The zero-order valence-electron chi connectivity index (χ0n) is 12.1. The average molecular weight is 420 g/mol. The summed E-state index contributed by atoms with van der Waals surface area (Å²) in [5, 5.41) is 8.64. The van der Waals surface area contributed by atoms with Crippen molar-refractivity contribution in [2.45, 2.75) is 39.0 Å². The normalized spacial score (nSPS) is 11.0. The summed E-state index contributed by atoms with van der Waals surface area (Å²) >= 11 is 6.93. The van der Waals surface area contributed by atoms with E-state index in [1.54, 1.807) is 6.08 Å². The second kappa shape index (κ2) is 10.0. The van der Waals surface area contributed by atoms with Crippen molar-refractivity contribution in [3.8, 4) is 5.75 Å². The predicted molar refractivity (Wildman–Crippen MR) is 92.8 cm³/mol. The Morgan fingerprint density at radius 2 is 1.81 bits per heavy atom. The molecule has 0 aliphatic rings. The summed E-state index contributed by atoms with van der Waals surface area (Å²) in [6.07, 6.45) is 8.65. The summed E-state index contributed by atoms with van der Waals surface area (Å²) in [4.78, 5) is 10.5. The molecule has 0 unspecified atom stereocenters. The highest BCUT2D eigenvalue weighted by molar-refractivity contribution is 9.11. The van der Waals surface area contributed by atoms with Gasteiger partial charge >= 0.3 is 5.97 Å². The highest BCUT2D eigenvalue weighted by Crippen LogP contribution is 2.35. The van der Waals surface area contributed by atoms with E-state index in [1.165, 1.54) is 25.7 Å². The smallest absolute Gasteiger partial charge is 0.328 e. The first kappa shape index (κ1) is 18.2. The van der Waals surface area contributed by atoms with Gasteiger partial charge in [-0.3, -0.25) is 0 Å². The molecule has 0 atom stereocenters. The van der Waals surface area contributed by atoms with Crippen LogP contribution in [0.4, 0.5) is 0 Å². The summed E-state index contributed by atoms with van der Waals surface area (Å²) in [6, 6.07) is 3.69. The molecular formula is C16H20Br2O3. The number of rotatable bonds is 9. The first-order valence-electron chi connectivity index (χ1n) is 7.07. The van der Waals surface area contributed by atoms with Crippen LogP contribution >= 0.6 is 31.9 Å². The van der Waals surface area contributed by atoms with Gasteiger partial charge < -0.3 is 9.84 Å². The quantitative estimate of drug-likeness (QED) is 0.415. The van der Waals surface area contributed by atoms with Crippen LogP contribution in [0.1, 0.15) is 44.6 Å². The minimum Gasteiger partial charge on any atom is -0.491 e. The van der Waals surface area contributed by atoms with Crippen molar-refractivity contribution in [2.24, 2.45) is 0 Å². The number of benzene rings is 1. The SMILES string of the molecule is CCCCCCCOc1c(Br)cc(/C=C/C(=O)O)cc1Br. The van der Waals surface area contributed by atoms with E-state index in [1.807, 2.05) is 12.1 Å². The summed E-state index contributed by atoms with van der Waals surface area (Å²) in [7, 11) is 0. The molecule has 1 aromatic carbocycles. The molecule has 21 heavy (non-hydrogen) atoms. The maximum Gasteiger partial charge on any atom is 0.328 e. The van der Waals surface area contributed by atoms with E-state index in [0.717, 1.165) is 32.8 Å². The van der Waals surface area contributed by atoms with E-state index < -0.39 is 5.97 Å². The molecule has 0 radical (unpaired) electrons. The Bertz CT molecular complexity index is 475. The molecule has 0 aliphatic carbocycles. The number of hydrogen-bond acceptors (Lipinski definition) is 2. The van der Waals surface area contributed by atoms with Gasteiger partial charge in [-0.25, -0.2) is 4.79 Å². The number of halogens is 2. The highest BCUT2D eigenvalue weighted by atomic mass is 79.9. The van der Waals surface area contributed by atoms with Gasteiger partial charge in [-0.15, -0.1) is 0 Å². The van der Waals surface area contributed by atoms with Crippen LogP contribution in [0.2, 0.25) is 0 Å². The molecule has 3 nitrogen and oxygen atoms in total. The monoisotopic (exact) mass is 418 g/mol. The van der Waals surface area contributed by atoms with Gasteiger partial charge in [0.1, 0.15) is 5.75 Å². The molecule has 1 N–H and O–H groups in total. The number of unbranched alkanes of at least 4 members (excludes halogenated alkanes) is 4. The average Bonchev–Trinajstić information content (AvgIpc) is 2.42. The zero-order chi connectivity index (χ0) is 15.7. The summed E-state index contributed by atoms with van der Waals surface area (Å²) in [6.45, 7) is 2.89. The van der Waals surface area contributed by atoms with Gasteiger partial charge in [0.25, 0.3) is 0 Å². The fourth-order valence-electron chi connectivity index (χ4n) is 1.86. The summed E-state index contributed by atoms with van der Waals surface area (Å²) in [5.41, 5.74) is 0.798. The highest BCUT2D eigenvalue weighted by Gasteiger charge is 2.08. The zero-order valence-corrected chi connectivity index (χ0v) is 15.2. The molecule has 0 spiro atoms. The Morgan fingerprint density at radius 3 is 2.38 bits per heavy atom. The largest absolute Gasteiger partial charge is 0.491 e. The van der Waals surface area contributed by atoms with E-state index in [4.69, 9.17) is 9.84 Å². The Kier molecular flexibility index (Phi) is 8.69. The maximum absolute atomic E-state index is 10.5. The molecular weight excluding hydrogens is 400 g/mol. The fraction of sp³-hybridized carbons (Fsp3) is 0.438. The van der Waals surface area contributed by atoms with Crippen molar-refractivity contribution in [2.75, 3.05) is 6.61 Å². The second-order valence-electron chi connectivity index (χ2n) is 4.75. The van der Waals surface area contributed by atoms with E-state index in [-0.39, 0.29) is 0 Å². The van der Waals surface area contributed by atoms with Gasteiger partial charge in [-0.1, -0.05) is 32.6 Å². The number of carboxylic acid groups (broad SMARTS) is 1. The fourth-order valence-corrected chi connectivity index (χ4v) is 3.31. The Morgan fingerprint density at radius 1 is 1.19 bits per heavy atom. The third-order valence-electron chi connectivity index (χ3n) is 2.93. The van der Waals surface area contributed by atoms with Crippen LogP contribution in [-0.4, -0.2) is 17.7 Å². The van der Waals surface area contributed by atoms with E-state index >= 15 is 0 Å². The lowest BCUT2D eigenvalue weighted by Crippen LogP contribution is -1.99. The van der Waals surface area contributed by atoms with Crippen molar-refractivity contribution >= 4 is 43.9 Å². The molecule has 0 amide bonds. The van der Waals surface area contributed by atoms with Crippen molar-refractivity contribution in [3.63, 3.8) is 0 Å². The topological polar surface area (TPSA) is 46.5 Å². The predicted octanol–water partition coefficient (Wildman–Crippen LogP) is 5.66. The number of hydrogen-bond donors (Lipinski definition) is 1. The van der Waals surface area contributed by atoms with Gasteiger partial charge in [-0.05, 0) is 62.1 Å². The van der Waals surface area contributed by atoms with E-state index in [2.05, 4.69) is 38.8 Å². The van der Waals surface area contributed by atoms with Gasteiger partial charge in [0.15, 0.2) is 0 Å². The standard InChI is InChI=1S/C16H20Br2O3/c1-2-3-4-5-6-9-21-16-13(17)10-12(11-14(16)18)7-8-15(19)20/h7-8,10-11H,2-6,9H2,1H3,(H,19,20)/b8-7+. The minimum absolute atomic E-state index is 0.686. The molecule has 0 saturated heterocycles. The lowest BCUT2D eigenvalue weighted by molar-refractivity contribution is -0.131. The molecule has 0 bridgehead atoms. The van der Waals surface area contributed by atoms with Crippen molar-refractivity contribution < 1.29 is 14.6 Å². The number of carbonyl (C=O) groups is 1. The van der Waals surface area contributed by atoms with E-state index in [9.17, 15) is 4.79 Å². The lowest BCUT2D eigenvalue weighted by atomic mass is 10.2. The van der Waals surface area contributed by atoms with Crippen molar-refractivity contribution in [3.05, 3.63) is 32.7 Å². The Balaban J connectivity index is 2.57. The molecule has 0 aromatic heterocycles. The maximum atomic E-state index is 10.5. The van der Waals surface area contributed by atoms with Crippen molar-refractivity contribution in [1.29, 1.82) is 0 Å². The van der Waals surface area contributed by atoms with E-state index in [0.29, 0.717) is 6.61 Å². The number of carboxylic acids is 1. The van der Waals surface area contributed by atoms with Crippen LogP contribution in [0.25, 0.3) is 6.08 Å². The molecule has 0 saturated carbocycles. The molecule has 116 valence electrons. The van der Waals surface area contributed by atoms with Gasteiger partial charge in [0.05, 0.1) is 15.6 Å².